The Bertz CT molecular complexity index is 1260. The van der Waals surface area contributed by atoms with Crippen LogP contribution in [0.15, 0.2) is 48.5 Å². The normalized spacial score (nSPS) is 17.3. The molecule has 5 rings (SSSR count). The number of benzene rings is 3. The zero-order chi connectivity index (χ0) is 23.3. The Kier molecular flexibility index (Phi) is 5.05. The summed E-state index contributed by atoms with van der Waals surface area (Å²) in [4.78, 5) is 13.1. The van der Waals surface area contributed by atoms with Crippen LogP contribution in [0.5, 0.6) is 5.75 Å². The summed E-state index contributed by atoms with van der Waals surface area (Å²) in [6.07, 6.45) is -0.0278. The van der Waals surface area contributed by atoms with Crippen molar-refractivity contribution < 1.29 is 18.3 Å². The molecule has 170 valence electrons. The zero-order valence-corrected chi connectivity index (χ0v) is 18.6. The van der Waals surface area contributed by atoms with E-state index in [0.29, 0.717) is 17.9 Å². The lowest BCUT2D eigenvalue weighted by molar-refractivity contribution is 0.101. The standard InChI is InChI=1S/C24H21ClF2N4O2/c1-24(2)11-13-19-18(29-23(30-19)31-20-14(25)6-5-8-16(20)27)10-12(21(13)33-24)22(32)28-17-9-4-3-7-15(17)26/h3-10,23,29-31H,11H2,1-2H3,(H,28,32). The van der Waals surface area contributed by atoms with E-state index in [1.807, 2.05) is 13.8 Å². The average Bonchev–Trinajstić information content (AvgIpc) is 3.31. The number of para-hydroxylation sites is 2. The molecule has 0 aliphatic carbocycles. The number of carbonyl (C=O) groups is 1. The molecule has 4 N–H and O–H groups in total. The first-order chi connectivity index (χ1) is 15.7. The maximum atomic E-state index is 14.3. The molecule has 0 saturated carbocycles. The highest BCUT2D eigenvalue weighted by Crippen LogP contribution is 2.48. The fraction of sp³-hybridized carbons (Fsp3) is 0.208. The van der Waals surface area contributed by atoms with Gasteiger partial charge >= 0.3 is 0 Å². The number of carbonyl (C=O) groups excluding carboxylic acids is 1. The summed E-state index contributed by atoms with van der Waals surface area (Å²) in [6, 6.07) is 12.0. The molecular formula is C24H21ClF2N4O2. The Morgan fingerprint density at radius 2 is 1.88 bits per heavy atom. The fourth-order valence-electron chi connectivity index (χ4n) is 4.13. The van der Waals surface area contributed by atoms with Gasteiger partial charge < -0.3 is 26.0 Å². The number of amides is 1. The molecule has 2 heterocycles. The number of nitrogens with one attached hydrogen (secondary N) is 4. The molecule has 2 aliphatic rings. The molecule has 6 nitrogen and oxygen atoms in total. The largest absolute Gasteiger partial charge is 0.486 e. The third-order valence-corrected chi connectivity index (χ3v) is 5.88. The zero-order valence-electron chi connectivity index (χ0n) is 17.9. The summed E-state index contributed by atoms with van der Waals surface area (Å²) in [5, 5.41) is 12.4. The van der Waals surface area contributed by atoms with Gasteiger partial charge in [-0.2, -0.15) is 0 Å². The molecule has 0 fully saturated rings. The molecule has 0 radical (unpaired) electrons. The van der Waals surface area contributed by atoms with E-state index in [2.05, 4.69) is 21.3 Å². The van der Waals surface area contributed by atoms with Crippen molar-refractivity contribution in [2.24, 2.45) is 0 Å². The van der Waals surface area contributed by atoms with Crippen LogP contribution in [0.4, 0.5) is 31.5 Å². The Morgan fingerprint density at radius 1 is 1.12 bits per heavy atom. The van der Waals surface area contributed by atoms with E-state index in [1.54, 1.807) is 24.3 Å². The molecule has 1 atom stereocenters. The minimum Gasteiger partial charge on any atom is -0.486 e. The number of rotatable bonds is 4. The number of anilines is 4. The molecule has 0 bridgehead atoms. The van der Waals surface area contributed by atoms with Gasteiger partial charge in [0.2, 0.25) is 0 Å². The van der Waals surface area contributed by atoms with E-state index < -0.39 is 29.4 Å². The summed E-state index contributed by atoms with van der Waals surface area (Å²) in [5.41, 5.74) is 2.18. The van der Waals surface area contributed by atoms with Crippen LogP contribution in [-0.2, 0) is 6.42 Å². The van der Waals surface area contributed by atoms with Crippen LogP contribution in [0, 0.1) is 11.6 Å². The second-order valence-corrected chi connectivity index (χ2v) is 9.00. The van der Waals surface area contributed by atoms with Gasteiger partial charge in [-0.05, 0) is 44.2 Å². The Hall–Kier alpha value is -3.52. The van der Waals surface area contributed by atoms with Crippen LogP contribution in [-0.4, -0.2) is 17.8 Å². The summed E-state index contributed by atoms with van der Waals surface area (Å²) >= 11 is 6.15. The Morgan fingerprint density at radius 3 is 2.64 bits per heavy atom. The first-order valence-corrected chi connectivity index (χ1v) is 10.8. The van der Waals surface area contributed by atoms with Crippen LogP contribution in [0.3, 0.4) is 0 Å². The maximum Gasteiger partial charge on any atom is 0.259 e. The lowest BCUT2D eigenvalue weighted by Crippen LogP contribution is -2.32. The Labute approximate surface area is 194 Å². The third-order valence-electron chi connectivity index (χ3n) is 5.57. The smallest absolute Gasteiger partial charge is 0.259 e. The van der Waals surface area contributed by atoms with Crippen molar-refractivity contribution in [2.45, 2.75) is 32.2 Å². The first-order valence-electron chi connectivity index (χ1n) is 10.4. The van der Waals surface area contributed by atoms with Crippen molar-refractivity contribution in [3.8, 4) is 5.75 Å². The van der Waals surface area contributed by atoms with Crippen molar-refractivity contribution in [1.29, 1.82) is 0 Å². The van der Waals surface area contributed by atoms with E-state index in [0.717, 1.165) is 11.3 Å². The van der Waals surface area contributed by atoms with Crippen LogP contribution in [0.1, 0.15) is 29.8 Å². The molecule has 33 heavy (non-hydrogen) atoms. The minimum atomic E-state index is -0.577. The second kappa shape index (κ2) is 7.81. The van der Waals surface area contributed by atoms with Gasteiger partial charge in [0.1, 0.15) is 23.0 Å². The molecule has 9 heteroatoms. The van der Waals surface area contributed by atoms with Gasteiger partial charge in [-0.15, -0.1) is 0 Å². The molecule has 1 amide bonds. The average molecular weight is 471 g/mol. The van der Waals surface area contributed by atoms with Gasteiger partial charge in [0.25, 0.3) is 5.91 Å². The van der Waals surface area contributed by atoms with Crippen LogP contribution in [0.2, 0.25) is 5.02 Å². The number of fused-ring (bicyclic) bond motifs is 3. The van der Waals surface area contributed by atoms with Gasteiger partial charge in [0.05, 0.1) is 33.3 Å². The van der Waals surface area contributed by atoms with E-state index in [-0.39, 0.29) is 22.0 Å². The minimum absolute atomic E-state index is 0.0776. The van der Waals surface area contributed by atoms with Crippen molar-refractivity contribution in [1.82, 2.24) is 0 Å². The van der Waals surface area contributed by atoms with Crippen LogP contribution < -0.4 is 26.0 Å². The number of ether oxygens (including phenoxy) is 1. The first kappa shape index (κ1) is 21.3. The quantitative estimate of drug-likeness (QED) is 0.387. The third kappa shape index (κ3) is 3.91. The topological polar surface area (TPSA) is 74.4 Å². The van der Waals surface area contributed by atoms with Gasteiger partial charge in [-0.1, -0.05) is 29.8 Å². The number of hydrogen-bond acceptors (Lipinski definition) is 5. The van der Waals surface area contributed by atoms with E-state index in [9.17, 15) is 13.6 Å². The van der Waals surface area contributed by atoms with Crippen LogP contribution >= 0.6 is 11.6 Å². The SMILES string of the molecule is CC1(C)Cc2c3c(cc(C(=O)Nc4ccccc4F)c2O1)NC(Nc1c(F)cccc1Cl)N3. The van der Waals surface area contributed by atoms with Gasteiger partial charge in [0.15, 0.2) is 6.29 Å². The highest BCUT2D eigenvalue weighted by Gasteiger charge is 2.39. The van der Waals surface area contributed by atoms with E-state index >= 15 is 0 Å². The van der Waals surface area contributed by atoms with E-state index in [1.165, 1.54) is 24.3 Å². The summed E-state index contributed by atoms with van der Waals surface area (Å²) < 4.78 is 34.5. The number of halogens is 3. The fourth-order valence-corrected chi connectivity index (χ4v) is 4.35. The van der Waals surface area contributed by atoms with Crippen molar-refractivity contribution in [3.63, 3.8) is 0 Å². The molecule has 3 aromatic carbocycles. The van der Waals surface area contributed by atoms with Crippen molar-refractivity contribution in [3.05, 3.63) is 76.3 Å². The summed E-state index contributed by atoms with van der Waals surface area (Å²) in [6.45, 7) is 3.85. The lowest BCUT2D eigenvalue weighted by Gasteiger charge is -2.18. The molecule has 3 aromatic rings. The van der Waals surface area contributed by atoms with Gasteiger partial charge in [0, 0.05) is 12.0 Å². The molecule has 0 spiro atoms. The monoisotopic (exact) mass is 470 g/mol. The lowest BCUT2D eigenvalue weighted by atomic mass is 9.97. The predicted octanol–water partition coefficient (Wildman–Crippen LogP) is 5.82. The van der Waals surface area contributed by atoms with Crippen LogP contribution in [0.25, 0.3) is 0 Å². The van der Waals surface area contributed by atoms with Gasteiger partial charge in [-0.3, -0.25) is 4.79 Å². The van der Waals surface area contributed by atoms with Crippen molar-refractivity contribution >= 4 is 40.3 Å². The Balaban J connectivity index is 1.48. The maximum absolute atomic E-state index is 14.3. The highest BCUT2D eigenvalue weighted by atomic mass is 35.5. The van der Waals surface area contributed by atoms with Gasteiger partial charge in [-0.25, -0.2) is 8.78 Å². The molecular weight excluding hydrogens is 450 g/mol. The summed E-state index contributed by atoms with van der Waals surface area (Å²) in [7, 11) is 0. The molecule has 0 saturated heterocycles. The molecule has 0 aromatic heterocycles. The second-order valence-electron chi connectivity index (χ2n) is 8.59. The van der Waals surface area contributed by atoms with Crippen molar-refractivity contribution in [2.75, 3.05) is 21.3 Å². The summed E-state index contributed by atoms with van der Waals surface area (Å²) in [5.74, 6) is -1.07. The highest BCUT2D eigenvalue weighted by molar-refractivity contribution is 6.33. The molecule has 2 aliphatic heterocycles. The number of hydrogen-bond donors (Lipinski definition) is 4. The van der Waals surface area contributed by atoms with E-state index in [4.69, 9.17) is 16.3 Å². The predicted molar refractivity (Wildman–Crippen MR) is 125 cm³/mol. The molecule has 1 unspecified atom stereocenters.